The third-order valence-corrected chi connectivity index (χ3v) is 4.03. The summed E-state index contributed by atoms with van der Waals surface area (Å²) in [5, 5.41) is 12.6. The van der Waals surface area contributed by atoms with Crippen molar-refractivity contribution < 1.29 is 5.11 Å². The average molecular weight is 282 g/mol. The van der Waals surface area contributed by atoms with Gasteiger partial charge < -0.3 is 10.4 Å². The predicted molar refractivity (Wildman–Crippen MR) is 86.1 cm³/mol. The van der Waals surface area contributed by atoms with Crippen LogP contribution in [0, 0.1) is 0 Å². The van der Waals surface area contributed by atoms with Gasteiger partial charge in [-0.25, -0.2) is 0 Å². The summed E-state index contributed by atoms with van der Waals surface area (Å²) in [7, 11) is 0. The van der Waals surface area contributed by atoms with Crippen LogP contribution in [-0.4, -0.2) is 29.1 Å². The topological polar surface area (TPSA) is 35.5 Å². The molecule has 0 spiro atoms. The Morgan fingerprint density at radius 1 is 1.00 bits per heavy atom. The van der Waals surface area contributed by atoms with E-state index in [1.54, 1.807) is 0 Å². The van der Waals surface area contributed by atoms with E-state index in [-0.39, 0.29) is 6.61 Å². The Hall–Kier alpha value is -1.84. The van der Waals surface area contributed by atoms with Gasteiger partial charge in [-0.2, -0.15) is 0 Å². The standard InChI is InChI=1S/C18H22N2O/c21-14-16-6-8-17(9-7-16)19-18-10-11-20(13-18)12-15-4-2-1-3-5-15/h1-9,18-19,21H,10-14H2. The van der Waals surface area contributed by atoms with Crippen LogP contribution in [0.2, 0.25) is 0 Å². The SMILES string of the molecule is OCc1ccc(NC2CCN(Cc3ccccc3)C2)cc1. The van der Waals surface area contributed by atoms with Crippen LogP contribution in [0.4, 0.5) is 5.69 Å². The van der Waals surface area contributed by atoms with Crippen LogP contribution in [0.15, 0.2) is 54.6 Å². The average Bonchev–Trinajstić information content (AvgIpc) is 2.96. The lowest BCUT2D eigenvalue weighted by Crippen LogP contribution is -2.25. The van der Waals surface area contributed by atoms with Crippen molar-refractivity contribution in [2.45, 2.75) is 25.6 Å². The zero-order chi connectivity index (χ0) is 14.5. The van der Waals surface area contributed by atoms with Crippen molar-refractivity contribution in [3.63, 3.8) is 0 Å². The van der Waals surface area contributed by atoms with Gasteiger partial charge in [0.1, 0.15) is 0 Å². The first-order valence-electron chi connectivity index (χ1n) is 7.56. The highest BCUT2D eigenvalue weighted by atomic mass is 16.3. The molecule has 2 N–H and O–H groups in total. The number of aliphatic hydroxyl groups excluding tert-OH is 1. The van der Waals surface area contributed by atoms with E-state index in [2.05, 4.69) is 40.5 Å². The molecule has 0 aromatic heterocycles. The number of nitrogens with one attached hydrogen (secondary N) is 1. The Morgan fingerprint density at radius 2 is 1.76 bits per heavy atom. The van der Waals surface area contributed by atoms with Crippen LogP contribution in [0.1, 0.15) is 17.5 Å². The van der Waals surface area contributed by atoms with E-state index in [1.165, 1.54) is 12.0 Å². The molecule has 3 nitrogen and oxygen atoms in total. The van der Waals surface area contributed by atoms with Gasteiger partial charge in [0.25, 0.3) is 0 Å². The molecule has 3 heteroatoms. The molecule has 1 aliphatic rings. The molecule has 0 radical (unpaired) electrons. The molecule has 21 heavy (non-hydrogen) atoms. The highest BCUT2D eigenvalue weighted by Gasteiger charge is 2.22. The third kappa shape index (κ3) is 3.84. The molecule has 2 aromatic carbocycles. The fourth-order valence-electron chi connectivity index (χ4n) is 2.88. The van der Waals surface area contributed by atoms with Gasteiger partial charge in [-0.15, -0.1) is 0 Å². The largest absolute Gasteiger partial charge is 0.392 e. The molecule has 0 aliphatic carbocycles. The smallest absolute Gasteiger partial charge is 0.0681 e. The number of hydrogen-bond donors (Lipinski definition) is 2. The van der Waals surface area contributed by atoms with Gasteiger partial charge in [-0.1, -0.05) is 42.5 Å². The Balaban J connectivity index is 1.52. The normalized spacial score (nSPS) is 18.8. The molecular weight excluding hydrogens is 260 g/mol. The molecule has 0 bridgehead atoms. The first kappa shape index (κ1) is 14.1. The van der Waals surface area contributed by atoms with Crippen LogP contribution in [0.5, 0.6) is 0 Å². The number of nitrogens with zero attached hydrogens (tertiary/aromatic N) is 1. The van der Waals surface area contributed by atoms with Gasteiger partial charge in [-0.3, -0.25) is 4.90 Å². The molecule has 3 rings (SSSR count). The molecule has 110 valence electrons. The highest BCUT2D eigenvalue weighted by molar-refractivity contribution is 5.45. The molecule has 2 aromatic rings. The maximum atomic E-state index is 9.06. The number of benzene rings is 2. The Morgan fingerprint density at radius 3 is 2.48 bits per heavy atom. The maximum Gasteiger partial charge on any atom is 0.0681 e. The van der Waals surface area contributed by atoms with Crippen LogP contribution < -0.4 is 5.32 Å². The molecular formula is C18H22N2O. The second-order valence-corrected chi connectivity index (χ2v) is 5.71. The first-order chi connectivity index (χ1) is 10.3. The molecule has 0 saturated carbocycles. The lowest BCUT2D eigenvalue weighted by molar-refractivity contribution is 0.282. The minimum absolute atomic E-state index is 0.106. The van der Waals surface area contributed by atoms with E-state index in [9.17, 15) is 0 Å². The van der Waals surface area contributed by atoms with E-state index < -0.39 is 0 Å². The molecule has 1 saturated heterocycles. The summed E-state index contributed by atoms with van der Waals surface area (Å²) < 4.78 is 0. The second-order valence-electron chi connectivity index (χ2n) is 5.71. The second kappa shape index (κ2) is 6.74. The van der Waals surface area contributed by atoms with E-state index >= 15 is 0 Å². The fourth-order valence-corrected chi connectivity index (χ4v) is 2.88. The Bertz CT molecular complexity index is 553. The van der Waals surface area contributed by atoms with Crippen LogP contribution >= 0.6 is 0 Å². The quantitative estimate of drug-likeness (QED) is 0.885. The van der Waals surface area contributed by atoms with Crippen LogP contribution in [-0.2, 0) is 13.2 Å². The summed E-state index contributed by atoms with van der Waals surface area (Å²) in [4.78, 5) is 2.50. The first-order valence-corrected chi connectivity index (χ1v) is 7.56. The van der Waals surface area contributed by atoms with Crippen molar-refractivity contribution in [1.82, 2.24) is 4.90 Å². The van der Waals surface area contributed by atoms with Crippen molar-refractivity contribution in [2.75, 3.05) is 18.4 Å². The van der Waals surface area contributed by atoms with E-state index in [0.29, 0.717) is 6.04 Å². The molecule has 1 heterocycles. The van der Waals surface area contributed by atoms with Gasteiger partial charge in [0, 0.05) is 31.4 Å². The number of hydrogen-bond acceptors (Lipinski definition) is 3. The van der Waals surface area contributed by atoms with Gasteiger partial charge in [-0.05, 0) is 29.7 Å². The van der Waals surface area contributed by atoms with Crippen molar-refractivity contribution in [2.24, 2.45) is 0 Å². The summed E-state index contributed by atoms with van der Waals surface area (Å²) in [6.45, 7) is 3.36. The lowest BCUT2D eigenvalue weighted by atomic mass is 10.2. The minimum Gasteiger partial charge on any atom is -0.392 e. The number of rotatable bonds is 5. The van der Waals surface area contributed by atoms with Crippen LogP contribution in [0.25, 0.3) is 0 Å². The maximum absolute atomic E-state index is 9.06. The summed E-state index contributed by atoms with van der Waals surface area (Å²) in [5.41, 5.74) is 3.47. The van der Waals surface area contributed by atoms with E-state index in [0.717, 1.165) is 30.9 Å². The van der Waals surface area contributed by atoms with Gasteiger partial charge in [0.05, 0.1) is 6.61 Å². The summed E-state index contributed by atoms with van der Waals surface area (Å²) in [5.74, 6) is 0. The van der Waals surface area contributed by atoms with Crippen LogP contribution in [0.3, 0.4) is 0 Å². The highest BCUT2D eigenvalue weighted by Crippen LogP contribution is 2.18. The van der Waals surface area contributed by atoms with Gasteiger partial charge >= 0.3 is 0 Å². The van der Waals surface area contributed by atoms with Crippen molar-refractivity contribution in [3.8, 4) is 0 Å². The van der Waals surface area contributed by atoms with Crippen molar-refractivity contribution in [3.05, 3.63) is 65.7 Å². The Labute approximate surface area is 126 Å². The number of likely N-dealkylation sites (tertiary alicyclic amines) is 1. The lowest BCUT2D eigenvalue weighted by Gasteiger charge is -2.17. The van der Waals surface area contributed by atoms with Gasteiger partial charge in [0.15, 0.2) is 0 Å². The molecule has 1 unspecified atom stereocenters. The molecule has 1 aliphatic heterocycles. The van der Waals surface area contributed by atoms with Crippen molar-refractivity contribution >= 4 is 5.69 Å². The Kier molecular flexibility index (Phi) is 4.53. The summed E-state index contributed by atoms with van der Waals surface area (Å²) >= 11 is 0. The van der Waals surface area contributed by atoms with Crippen molar-refractivity contribution in [1.29, 1.82) is 0 Å². The molecule has 1 atom stereocenters. The minimum atomic E-state index is 0.106. The third-order valence-electron chi connectivity index (χ3n) is 4.03. The van der Waals surface area contributed by atoms with Gasteiger partial charge in [0.2, 0.25) is 0 Å². The van der Waals surface area contributed by atoms with E-state index in [4.69, 9.17) is 5.11 Å². The summed E-state index contributed by atoms with van der Waals surface area (Å²) in [6, 6.07) is 19.2. The molecule has 0 amide bonds. The number of anilines is 1. The fraction of sp³-hybridized carbons (Fsp3) is 0.333. The predicted octanol–water partition coefficient (Wildman–Crippen LogP) is 2.87. The zero-order valence-corrected chi connectivity index (χ0v) is 12.2. The number of aliphatic hydroxyl groups is 1. The zero-order valence-electron chi connectivity index (χ0n) is 12.2. The van der Waals surface area contributed by atoms with E-state index in [1.807, 2.05) is 24.3 Å². The molecule has 1 fully saturated rings. The summed E-state index contributed by atoms with van der Waals surface area (Å²) in [6.07, 6.45) is 1.18. The monoisotopic (exact) mass is 282 g/mol.